The van der Waals surface area contributed by atoms with Crippen molar-refractivity contribution in [3.63, 3.8) is 0 Å². The molecular formula is C15H24N2O. The van der Waals surface area contributed by atoms with Crippen molar-refractivity contribution in [1.29, 1.82) is 0 Å². The van der Waals surface area contributed by atoms with Crippen LogP contribution in [0.3, 0.4) is 0 Å². The van der Waals surface area contributed by atoms with Crippen molar-refractivity contribution in [1.82, 2.24) is 9.80 Å². The molecule has 1 atom stereocenters. The van der Waals surface area contributed by atoms with Crippen LogP contribution in [-0.2, 0) is 0 Å². The minimum atomic E-state index is 0.232. The van der Waals surface area contributed by atoms with E-state index in [4.69, 9.17) is 0 Å². The molecule has 1 N–H and O–H groups in total. The van der Waals surface area contributed by atoms with E-state index in [1.165, 1.54) is 11.1 Å². The molecule has 100 valence electrons. The first-order valence-corrected chi connectivity index (χ1v) is 6.77. The molecule has 1 aromatic carbocycles. The second-order valence-corrected chi connectivity index (χ2v) is 5.40. The van der Waals surface area contributed by atoms with Gasteiger partial charge in [0.2, 0.25) is 0 Å². The average molecular weight is 248 g/mol. The van der Waals surface area contributed by atoms with E-state index < -0.39 is 0 Å². The van der Waals surface area contributed by atoms with Gasteiger partial charge in [-0.3, -0.25) is 0 Å². The van der Waals surface area contributed by atoms with Gasteiger partial charge in [0, 0.05) is 38.6 Å². The Hall–Kier alpha value is -0.900. The molecule has 0 bridgehead atoms. The Balaban J connectivity index is 1.97. The number of benzene rings is 1. The minimum Gasteiger partial charge on any atom is -0.396 e. The van der Waals surface area contributed by atoms with Crippen LogP contribution in [-0.4, -0.2) is 61.3 Å². The van der Waals surface area contributed by atoms with Crippen LogP contribution in [0.4, 0.5) is 0 Å². The monoisotopic (exact) mass is 248 g/mol. The number of aliphatic hydroxyl groups is 1. The van der Waals surface area contributed by atoms with Crippen molar-refractivity contribution in [3.8, 4) is 0 Å². The second-order valence-electron chi connectivity index (χ2n) is 5.40. The average Bonchev–Trinajstić information content (AvgIpc) is 2.38. The van der Waals surface area contributed by atoms with Gasteiger partial charge in [-0.25, -0.2) is 0 Å². The molecule has 1 saturated heterocycles. The zero-order chi connectivity index (χ0) is 13.0. The molecule has 1 heterocycles. The van der Waals surface area contributed by atoms with E-state index >= 15 is 0 Å². The summed E-state index contributed by atoms with van der Waals surface area (Å²) in [7, 11) is 2.17. The topological polar surface area (TPSA) is 26.7 Å². The lowest BCUT2D eigenvalue weighted by molar-refractivity contribution is 0.133. The fourth-order valence-electron chi connectivity index (χ4n) is 2.53. The van der Waals surface area contributed by atoms with Crippen LogP contribution in [0.15, 0.2) is 24.3 Å². The van der Waals surface area contributed by atoms with Crippen molar-refractivity contribution >= 4 is 0 Å². The number of likely N-dealkylation sites (N-methyl/N-ethyl adjacent to an activating group) is 1. The summed E-state index contributed by atoms with van der Waals surface area (Å²) in [5.41, 5.74) is 2.53. The van der Waals surface area contributed by atoms with Gasteiger partial charge in [-0.1, -0.05) is 29.8 Å². The van der Waals surface area contributed by atoms with Crippen LogP contribution in [0.5, 0.6) is 0 Å². The quantitative estimate of drug-likeness (QED) is 0.870. The first-order chi connectivity index (χ1) is 8.69. The summed E-state index contributed by atoms with van der Waals surface area (Å²) in [5.74, 6) is 0.244. The predicted octanol–water partition coefficient (Wildman–Crippen LogP) is 1.32. The zero-order valence-electron chi connectivity index (χ0n) is 11.5. The molecule has 3 heteroatoms. The maximum Gasteiger partial charge on any atom is 0.0512 e. The van der Waals surface area contributed by atoms with Crippen LogP contribution in [0, 0.1) is 6.92 Å². The molecule has 0 amide bonds. The molecule has 1 aliphatic rings. The summed E-state index contributed by atoms with van der Waals surface area (Å²) in [6, 6.07) is 8.51. The standard InChI is InChI=1S/C15H24N2O/c1-13-4-3-5-14(10-13)15(12-18)11-17-8-6-16(2)7-9-17/h3-5,10,15,18H,6-9,11-12H2,1-2H3. The summed E-state index contributed by atoms with van der Waals surface area (Å²) in [6.45, 7) is 7.78. The van der Waals surface area contributed by atoms with E-state index in [0.29, 0.717) is 0 Å². The fraction of sp³-hybridized carbons (Fsp3) is 0.600. The third kappa shape index (κ3) is 3.55. The number of aliphatic hydroxyl groups excluding tert-OH is 1. The number of nitrogens with zero attached hydrogens (tertiary/aromatic N) is 2. The van der Waals surface area contributed by atoms with Gasteiger partial charge in [0.05, 0.1) is 6.61 Å². The number of piperazine rings is 1. The van der Waals surface area contributed by atoms with Crippen LogP contribution in [0.2, 0.25) is 0 Å². The Morgan fingerprint density at radius 2 is 1.94 bits per heavy atom. The van der Waals surface area contributed by atoms with Crippen molar-refractivity contribution in [2.75, 3.05) is 46.4 Å². The Morgan fingerprint density at radius 1 is 1.22 bits per heavy atom. The van der Waals surface area contributed by atoms with Crippen molar-refractivity contribution in [2.45, 2.75) is 12.8 Å². The summed E-state index contributed by atoms with van der Waals surface area (Å²) in [5, 5.41) is 9.62. The third-order valence-electron chi connectivity index (χ3n) is 3.81. The molecule has 1 aromatic rings. The summed E-state index contributed by atoms with van der Waals surface area (Å²) in [6.07, 6.45) is 0. The van der Waals surface area contributed by atoms with E-state index in [-0.39, 0.29) is 12.5 Å². The molecule has 0 saturated carbocycles. The van der Waals surface area contributed by atoms with Gasteiger partial charge in [0.25, 0.3) is 0 Å². The predicted molar refractivity (Wildman–Crippen MR) is 74.9 cm³/mol. The minimum absolute atomic E-state index is 0.232. The first kappa shape index (κ1) is 13.5. The van der Waals surface area contributed by atoms with E-state index in [1.54, 1.807) is 0 Å². The second kappa shape index (κ2) is 6.32. The maximum atomic E-state index is 9.62. The Kier molecular flexibility index (Phi) is 4.75. The molecule has 0 aliphatic carbocycles. The smallest absolute Gasteiger partial charge is 0.0512 e. The lowest BCUT2D eigenvalue weighted by Gasteiger charge is -2.34. The molecule has 0 spiro atoms. The third-order valence-corrected chi connectivity index (χ3v) is 3.81. The van der Waals surface area contributed by atoms with E-state index in [1.807, 2.05) is 0 Å². The highest BCUT2D eigenvalue weighted by Gasteiger charge is 2.19. The molecular weight excluding hydrogens is 224 g/mol. The van der Waals surface area contributed by atoms with Crippen LogP contribution >= 0.6 is 0 Å². The summed E-state index contributed by atoms with van der Waals surface area (Å²) < 4.78 is 0. The highest BCUT2D eigenvalue weighted by Crippen LogP contribution is 2.18. The van der Waals surface area contributed by atoms with Gasteiger partial charge in [0.15, 0.2) is 0 Å². The molecule has 1 unspecified atom stereocenters. The first-order valence-electron chi connectivity index (χ1n) is 6.77. The lowest BCUT2D eigenvalue weighted by atomic mass is 9.97. The Bertz CT molecular complexity index is 373. The molecule has 1 aliphatic heterocycles. The highest BCUT2D eigenvalue weighted by molar-refractivity contribution is 5.25. The fourth-order valence-corrected chi connectivity index (χ4v) is 2.53. The largest absolute Gasteiger partial charge is 0.396 e. The number of rotatable bonds is 4. The van der Waals surface area contributed by atoms with Crippen molar-refractivity contribution in [2.24, 2.45) is 0 Å². The normalized spacial score (nSPS) is 19.9. The Labute approximate surface area is 110 Å². The number of aryl methyl sites for hydroxylation is 1. The summed E-state index contributed by atoms with van der Waals surface area (Å²) >= 11 is 0. The van der Waals surface area contributed by atoms with Crippen LogP contribution in [0.25, 0.3) is 0 Å². The van der Waals surface area contributed by atoms with Gasteiger partial charge in [-0.15, -0.1) is 0 Å². The molecule has 0 aromatic heterocycles. The lowest BCUT2D eigenvalue weighted by Crippen LogP contribution is -2.46. The van der Waals surface area contributed by atoms with E-state index in [2.05, 4.69) is 48.0 Å². The Morgan fingerprint density at radius 3 is 2.56 bits per heavy atom. The van der Waals surface area contributed by atoms with Crippen molar-refractivity contribution in [3.05, 3.63) is 35.4 Å². The highest BCUT2D eigenvalue weighted by atomic mass is 16.3. The van der Waals surface area contributed by atoms with E-state index in [0.717, 1.165) is 32.7 Å². The van der Waals surface area contributed by atoms with E-state index in [9.17, 15) is 5.11 Å². The molecule has 1 fully saturated rings. The van der Waals surface area contributed by atoms with Gasteiger partial charge < -0.3 is 14.9 Å². The molecule has 3 nitrogen and oxygen atoms in total. The van der Waals surface area contributed by atoms with Gasteiger partial charge in [-0.2, -0.15) is 0 Å². The van der Waals surface area contributed by atoms with Crippen LogP contribution < -0.4 is 0 Å². The number of hydrogen-bond acceptors (Lipinski definition) is 3. The molecule has 0 radical (unpaired) electrons. The summed E-state index contributed by atoms with van der Waals surface area (Å²) in [4.78, 5) is 4.82. The molecule has 18 heavy (non-hydrogen) atoms. The van der Waals surface area contributed by atoms with Gasteiger partial charge in [-0.05, 0) is 19.5 Å². The zero-order valence-corrected chi connectivity index (χ0v) is 11.5. The maximum absolute atomic E-state index is 9.62. The SMILES string of the molecule is Cc1cccc(C(CO)CN2CCN(C)CC2)c1. The molecule has 2 rings (SSSR count). The number of hydrogen-bond donors (Lipinski definition) is 1. The van der Waals surface area contributed by atoms with Crippen molar-refractivity contribution < 1.29 is 5.11 Å². The van der Waals surface area contributed by atoms with Gasteiger partial charge >= 0.3 is 0 Å². The van der Waals surface area contributed by atoms with Gasteiger partial charge in [0.1, 0.15) is 0 Å². The van der Waals surface area contributed by atoms with Crippen LogP contribution in [0.1, 0.15) is 17.0 Å².